The lowest BCUT2D eigenvalue weighted by molar-refractivity contribution is 0.816. The molecule has 2 heterocycles. The zero-order valence-corrected chi connectivity index (χ0v) is 14.6. The summed E-state index contributed by atoms with van der Waals surface area (Å²) in [6, 6.07) is 18.4. The summed E-state index contributed by atoms with van der Waals surface area (Å²) in [5.41, 5.74) is 5.74. The van der Waals surface area contributed by atoms with Gasteiger partial charge in [0, 0.05) is 18.7 Å². The smallest absolute Gasteiger partial charge is 0.110 e. The number of hydrogen-bond acceptors (Lipinski definition) is 3. The maximum Gasteiger partial charge on any atom is 0.110 e. The highest BCUT2D eigenvalue weighted by Gasteiger charge is 2.18. The van der Waals surface area contributed by atoms with Crippen molar-refractivity contribution in [3.63, 3.8) is 0 Å². The van der Waals surface area contributed by atoms with E-state index in [0.717, 1.165) is 43.0 Å². The number of nitrogens with one attached hydrogen (secondary N) is 1. The molecule has 25 heavy (non-hydrogen) atoms. The van der Waals surface area contributed by atoms with Gasteiger partial charge in [-0.25, -0.2) is 4.98 Å². The first-order valence-corrected chi connectivity index (χ1v) is 8.16. The van der Waals surface area contributed by atoms with Crippen molar-refractivity contribution in [3.05, 3.63) is 82.9 Å². The van der Waals surface area contributed by atoms with Crippen molar-refractivity contribution in [2.45, 2.75) is 19.4 Å². The minimum absolute atomic E-state index is 0. The monoisotopic (exact) mass is 350 g/mol. The highest BCUT2D eigenvalue weighted by Crippen LogP contribution is 2.28. The van der Waals surface area contributed by atoms with Crippen LogP contribution in [0.5, 0.6) is 0 Å². The summed E-state index contributed by atoms with van der Waals surface area (Å²) >= 11 is 0. The summed E-state index contributed by atoms with van der Waals surface area (Å²) in [6.45, 7) is 1.92. The number of nitriles is 1. The van der Waals surface area contributed by atoms with E-state index in [1.165, 1.54) is 11.3 Å². The molecule has 1 aliphatic rings. The maximum atomic E-state index is 8.85. The average Bonchev–Trinajstić information content (AvgIpc) is 3.23. The standard InChI is InChI=1S/C20H18N4.ClH/c21-12-16-7-5-15(6-8-16)11-20-22-13-18(23-20)14-24-10-9-17-3-1-2-4-19(17)24;/h1-8,13H,9-11,14H2,(H,22,23);1H. The summed E-state index contributed by atoms with van der Waals surface area (Å²) < 4.78 is 0. The van der Waals surface area contributed by atoms with E-state index in [-0.39, 0.29) is 12.4 Å². The second-order valence-electron chi connectivity index (χ2n) is 6.14. The quantitative estimate of drug-likeness (QED) is 0.777. The molecule has 0 bridgehead atoms. The molecule has 4 rings (SSSR count). The van der Waals surface area contributed by atoms with E-state index in [9.17, 15) is 0 Å². The molecule has 0 unspecified atom stereocenters. The first kappa shape index (κ1) is 17.1. The molecule has 0 fully saturated rings. The van der Waals surface area contributed by atoms with Gasteiger partial charge in [0.1, 0.15) is 5.82 Å². The van der Waals surface area contributed by atoms with Crippen LogP contribution in [-0.2, 0) is 19.4 Å². The van der Waals surface area contributed by atoms with Crippen molar-refractivity contribution in [1.29, 1.82) is 5.26 Å². The zero-order chi connectivity index (χ0) is 16.4. The van der Waals surface area contributed by atoms with E-state index < -0.39 is 0 Å². The molecule has 4 nitrogen and oxygen atoms in total. The van der Waals surface area contributed by atoms with Crippen LogP contribution in [0.25, 0.3) is 0 Å². The van der Waals surface area contributed by atoms with Crippen LogP contribution in [0.15, 0.2) is 54.7 Å². The minimum Gasteiger partial charge on any atom is -0.365 e. The van der Waals surface area contributed by atoms with Gasteiger partial charge in [0.15, 0.2) is 0 Å². The van der Waals surface area contributed by atoms with Gasteiger partial charge in [-0.15, -0.1) is 12.4 Å². The number of para-hydroxylation sites is 1. The van der Waals surface area contributed by atoms with E-state index in [2.05, 4.69) is 45.2 Å². The normalized spacial score (nSPS) is 12.4. The van der Waals surface area contributed by atoms with Gasteiger partial charge in [-0.3, -0.25) is 0 Å². The van der Waals surface area contributed by atoms with Gasteiger partial charge in [-0.2, -0.15) is 5.26 Å². The van der Waals surface area contributed by atoms with Crippen LogP contribution in [-0.4, -0.2) is 16.5 Å². The van der Waals surface area contributed by atoms with Crippen molar-refractivity contribution in [2.75, 3.05) is 11.4 Å². The van der Waals surface area contributed by atoms with E-state index >= 15 is 0 Å². The van der Waals surface area contributed by atoms with Crippen LogP contribution in [0.3, 0.4) is 0 Å². The molecule has 0 aliphatic carbocycles. The topological polar surface area (TPSA) is 55.7 Å². The van der Waals surface area contributed by atoms with E-state index in [0.29, 0.717) is 5.56 Å². The lowest BCUT2D eigenvalue weighted by Gasteiger charge is -2.18. The summed E-state index contributed by atoms with van der Waals surface area (Å²) in [6.07, 6.45) is 3.80. The van der Waals surface area contributed by atoms with Crippen LogP contribution < -0.4 is 4.90 Å². The number of imidazole rings is 1. The molecule has 0 saturated carbocycles. The van der Waals surface area contributed by atoms with Gasteiger partial charge in [-0.05, 0) is 35.7 Å². The van der Waals surface area contributed by atoms with Crippen molar-refractivity contribution in [3.8, 4) is 6.07 Å². The summed E-state index contributed by atoms with van der Waals surface area (Å²) in [5.74, 6) is 0.960. The first-order valence-electron chi connectivity index (χ1n) is 8.16. The largest absolute Gasteiger partial charge is 0.365 e. The van der Waals surface area contributed by atoms with Gasteiger partial charge in [0.2, 0.25) is 0 Å². The Morgan fingerprint density at radius 2 is 1.92 bits per heavy atom. The van der Waals surface area contributed by atoms with Gasteiger partial charge in [-0.1, -0.05) is 30.3 Å². The van der Waals surface area contributed by atoms with E-state index in [1.54, 1.807) is 0 Å². The number of aromatic amines is 1. The van der Waals surface area contributed by atoms with Crippen molar-refractivity contribution < 1.29 is 0 Å². The molecule has 1 aromatic heterocycles. The number of anilines is 1. The fourth-order valence-corrected chi connectivity index (χ4v) is 3.24. The first-order chi connectivity index (χ1) is 11.8. The van der Waals surface area contributed by atoms with Gasteiger partial charge in [0.05, 0.1) is 30.1 Å². The van der Waals surface area contributed by atoms with Crippen LogP contribution in [0.1, 0.15) is 28.2 Å². The van der Waals surface area contributed by atoms with Crippen molar-refractivity contribution in [2.24, 2.45) is 0 Å². The Bertz CT molecular complexity index is 893. The number of rotatable bonds is 4. The Kier molecular flexibility index (Phi) is 5.06. The summed E-state index contributed by atoms with van der Waals surface area (Å²) in [4.78, 5) is 10.3. The molecule has 3 aromatic rings. The lowest BCUT2D eigenvalue weighted by atomic mass is 10.1. The Hall–Kier alpha value is -2.77. The number of benzene rings is 2. The predicted octanol–water partition coefficient (Wildman–Crippen LogP) is 3.86. The molecule has 1 N–H and O–H groups in total. The van der Waals surface area contributed by atoms with Gasteiger partial charge < -0.3 is 9.88 Å². The van der Waals surface area contributed by atoms with Gasteiger partial charge >= 0.3 is 0 Å². The van der Waals surface area contributed by atoms with Crippen molar-refractivity contribution >= 4 is 18.1 Å². The molecule has 1 aliphatic heterocycles. The average molecular weight is 351 g/mol. The Morgan fingerprint density at radius 3 is 2.72 bits per heavy atom. The Labute approximate surface area is 153 Å². The predicted molar refractivity (Wildman–Crippen MR) is 101 cm³/mol. The number of halogens is 1. The zero-order valence-electron chi connectivity index (χ0n) is 13.8. The molecule has 5 heteroatoms. The molecular formula is C20H19ClN4. The van der Waals surface area contributed by atoms with E-state index in [4.69, 9.17) is 5.26 Å². The van der Waals surface area contributed by atoms with Crippen LogP contribution >= 0.6 is 12.4 Å². The molecular weight excluding hydrogens is 332 g/mol. The number of hydrogen-bond donors (Lipinski definition) is 1. The Morgan fingerprint density at radius 1 is 1.12 bits per heavy atom. The molecule has 0 amide bonds. The van der Waals surface area contributed by atoms with Crippen molar-refractivity contribution in [1.82, 2.24) is 9.97 Å². The number of fused-ring (bicyclic) bond motifs is 1. The highest BCUT2D eigenvalue weighted by molar-refractivity contribution is 5.85. The molecule has 126 valence electrons. The SMILES string of the molecule is Cl.N#Cc1ccc(Cc2ncc(CN3CCc4ccccc43)[nH]2)cc1. The number of H-pyrrole nitrogens is 1. The van der Waals surface area contributed by atoms with Gasteiger partial charge in [0.25, 0.3) is 0 Å². The Balaban J connectivity index is 0.00000182. The third kappa shape index (κ3) is 3.67. The van der Waals surface area contributed by atoms with Crippen LogP contribution in [0.4, 0.5) is 5.69 Å². The van der Waals surface area contributed by atoms with E-state index in [1.807, 2.05) is 30.5 Å². The second kappa shape index (κ2) is 7.42. The third-order valence-corrected chi connectivity index (χ3v) is 4.48. The third-order valence-electron chi connectivity index (χ3n) is 4.48. The summed E-state index contributed by atoms with van der Waals surface area (Å²) in [7, 11) is 0. The minimum atomic E-state index is 0. The fraction of sp³-hybridized carbons (Fsp3) is 0.200. The lowest BCUT2D eigenvalue weighted by Crippen LogP contribution is -2.19. The number of aromatic nitrogens is 2. The highest BCUT2D eigenvalue weighted by atomic mass is 35.5. The molecule has 0 radical (unpaired) electrons. The molecule has 0 spiro atoms. The van der Waals surface area contributed by atoms with Crippen LogP contribution in [0.2, 0.25) is 0 Å². The molecule has 0 atom stereocenters. The second-order valence-corrected chi connectivity index (χ2v) is 6.14. The van der Waals surface area contributed by atoms with Crippen LogP contribution in [0, 0.1) is 11.3 Å². The maximum absolute atomic E-state index is 8.85. The molecule has 0 saturated heterocycles. The number of nitrogens with zero attached hydrogens (tertiary/aromatic N) is 3. The summed E-state index contributed by atoms with van der Waals surface area (Å²) in [5, 5.41) is 8.85. The molecule has 2 aromatic carbocycles. The fourth-order valence-electron chi connectivity index (χ4n) is 3.24.